The summed E-state index contributed by atoms with van der Waals surface area (Å²) >= 11 is 0. The minimum atomic E-state index is 0.594. The molecule has 0 radical (unpaired) electrons. The average Bonchev–Trinajstić information content (AvgIpc) is 2.52. The van der Waals surface area contributed by atoms with Crippen LogP contribution in [0.2, 0.25) is 0 Å². The van der Waals surface area contributed by atoms with E-state index in [1.807, 2.05) is 31.2 Å². The van der Waals surface area contributed by atoms with Crippen LogP contribution in [-0.4, -0.2) is 9.97 Å². The minimum Gasteiger partial charge on any atom is -0.340 e. The van der Waals surface area contributed by atoms with E-state index in [2.05, 4.69) is 65.6 Å². The van der Waals surface area contributed by atoms with Crippen LogP contribution in [0.1, 0.15) is 22.4 Å². The lowest BCUT2D eigenvalue weighted by Gasteiger charge is -2.13. The molecule has 24 heavy (non-hydrogen) atoms. The van der Waals surface area contributed by atoms with Gasteiger partial charge in [-0.25, -0.2) is 4.98 Å². The fraction of sp³-hybridized carbons (Fsp3) is 0.200. The van der Waals surface area contributed by atoms with Crippen molar-refractivity contribution in [2.24, 2.45) is 0 Å². The van der Waals surface area contributed by atoms with Gasteiger partial charge in [0.15, 0.2) is 0 Å². The molecule has 2 N–H and O–H groups in total. The Labute approximate surface area is 143 Å². The molecule has 4 nitrogen and oxygen atoms in total. The van der Waals surface area contributed by atoms with Gasteiger partial charge in [0.05, 0.1) is 0 Å². The molecule has 0 unspecified atom stereocenters. The number of para-hydroxylation sites is 1. The maximum absolute atomic E-state index is 4.60. The Kier molecular flexibility index (Phi) is 4.47. The van der Waals surface area contributed by atoms with Gasteiger partial charge in [-0.1, -0.05) is 35.9 Å². The maximum atomic E-state index is 4.60. The van der Waals surface area contributed by atoms with Crippen molar-refractivity contribution in [2.75, 3.05) is 10.6 Å². The fourth-order valence-corrected chi connectivity index (χ4v) is 2.61. The zero-order valence-electron chi connectivity index (χ0n) is 14.5. The Bertz CT molecular complexity index is 871. The molecule has 0 amide bonds. The lowest BCUT2D eigenvalue weighted by atomic mass is 10.1. The molecule has 0 aliphatic rings. The molecule has 1 heterocycles. The molecule has 0 fully saturated rings. The van der Waals surface area contributed by atoms with Gasteiger partial charge >= 0.3 is 0 Å². The van der Waals surface area contributed by atoms with Crippen LogP contribution >= 0.6 is 0 Å². The van der Waals surface area contributed by atoms with Gasteiger partial charge in [-0.2, -0.15) is 4.98 Å². The predicted molar refractivity (Wildman–Crippen MR) is 100 cm³/mol. The highest BCUT2D eigenvalue weighted by Crippen LogP contribution is 2.23. The molecule has 2 aromatic carbocycles. The molecule has 1 aromatic heterocycles. The summed E-state index contributed by atoms with van der Waals surface area (Å²) in [6, 6.07) is 16.4. The summed E-state index contributed by atoms with van der Waals surface area (Å²) in [6.45, 7) is 8.22. The molecule has 0 atom stereocenters. The van der Waals surface area contributed by atoms with Crippen molar-refractivity contribution in [3.05, 3.63) is 70.9 Å². The second-order valence-corrected chi connectivity index (χ2v) is 6.10. The number of benzene rings is 2. The van der Waals surface area contributed by atoms with E-state index in [1.54, 1.807) is 0 Å². The van der Waals surface area contributed by atoms with E-state index in [1.165, 1.54) is 11.1 Å². The van der Waals surface area contributed by atoms with Crippen LogP contribution in [0.5, 0.6) is 0 Å². The largest absolute Gasteiger partial charge is 0.340 e. The molecule has 0 spiro atoms. The first-order valence-electron chi connectivity index (χ1n) is 8.04. The first-order valence-corrected chi connectivity index (χ1v) is 8.04. The SMILES string of the molecule is Cc1ccc(Nc2cc(C)nc(Nc3ccccc3C)n2)c(C)c1. The monoisotopic (exact) mass is 318 g/mol. The molecule has 0 saturated heterocycles. The Morgan fingerprint density at radius 2 is 1.46 bits per heavy atom. The Hall–Kier alpha value is -2.88. The van der Waals surface area contributed by atoms with Crippen molar-refractivity contribution in [1.29, 1.82) is 0 Å². The van der Waals surface area contributed by atoms with E-state index >= 15 is 0 Å². The molecule has 3 rings (SSSR count). The molecule has 0 aliphatic heterocycles. The quantitative estimate of drug-likeness (QED) is 0.694. The first kappa shape index (κ1) is 16.0. The van der Waals surface area contributed by atoms with Crippen molar-refractivity contribution in [3.8, 4) is 0 Å². The number of nitrogens with zero attached hydrogens (tertiary/aromatic N) is 2. The number of aromatic nitrogens is 2. The molecular formula is C20H22N4. The van der Waals surface area contributed by atoms with Crippen molar-refractivity contribution in [3.63, 3.8) is 0 Å². The summed E-state index contributed by atoms with van der Waals surface area (Å²) in [5, 5.41) is 6.69. The van der Waals surface area contributed by atoms with Gasteiger partial charge in [0.25, 0.3) is 0 Å². The summed E-state index contributed by atoms with van der Waals surface area (Å²) in [6.07, 6.45) is 0. The average molecular weight is 318 g/mol. The van der Waals surface area contributed by atoms with Crippen LogP contribution in [-0.2, 0) is 0 Å². The summed E-state index contributed by atoms with van der Waals surface area (Å²) in [7, 11) is 0. The van der Waals surface area contributed by atoms with Gasteiger partial charge in [-0.05, 0) is 51.0 Å². The Morgan fingerprint density at radius 3 is 2.21 bits per heavy atom. The van der Waals surface area contributed by atoms with Crippen LogP contribution in [0.4, 0.5) is 23.1 Å². The van der Waals surface area contributed by atoms with Gasteiger partial charge in [-0.15, -0.1) is 0 Å². The smallest absolute Gasteiger partial charge is 0.229 e. The van der Waals surface area contributed by atoms with Crippen LogP contribution in [0.3, 0.4) is 0 Å². The van der Waals surface area contributed by atoms with Gasteiger partial charge in [0.1, 0.15) is 5.82 Å². The second-order valence-electron chi connectivity index (χ2n) is 6.10. The van der Waals surface area contributed by atoms with E-state index in [4.69, 9.17) is 0 Å². The zero-order chi connectivity index (χ0) is 17.1. The summed E-state index contributed by atoms with van der Waals surface area (Å²) in [4.78, 5) is 9.08. The molecule has 4 heteroatoms. The van der Waals surface area contributed by atoms with E-state index < -0.39 is 0 Å². The van der Waals surface area contributed by atoms with Crippen molar-refractivity contribution in [1.82, 2.24) is 9.97 Å². The molecule has 0 saturated carbocycles. The number of rotatable bonds is 4. The highest BCUT2D eigenvalue weighted by molar-refractivity contribution is 5.64. The van der Waals surface area contributed by atoms with Crippen LogP contribution in [0.15, 0.2) is 48.5 Å². The highest BCUT2D eigenvalue weighted by Gasteiger charge is 2.06. The van der Waals surface area contributed by atoms with E-state index in [-0.39, 0.29) is 0 Å². The normalized spacial score (nSPS) is 10.5. The number of hydrogen-bond donors (Lipinski definition) is 2. The molecular weight excluding hydrogens is 296 g/mol. The van der Waals surface area contributed by atoms with Gasteiger partial charge in [0, 0.05) is 23.1 Å². The summed E-state index contributed by atoms with van der Waals surface area (Å²) < 4.78 is 0. The number of aryl methyl sites for hydroxylation is 4. The molecule has 0 aliphatic carbocycles. The molecule has 0 bridgehead atoms. The van der Waals surface area contributed by atoms with Gasteiger partial charge in [-0.3, -0.25) is 0 Å². The van der Waals surface area contributed by atoms with Crippen molar-refractivity contribution >= 4 is 23.1 Å². The van der Waals surface area contributed by atoms with Gasteiger partial charge < -0.3 is 10.6 Å². The lowest BCUT2D eigenvalue weighted by molar-refractivity contribution is 1.10. The topological polar surface area (TPSA) is 49.8 Å². The van der Waals surface area contributed by atoms with Crippen LogP contribution < -0.4 is 10.6 Å². The van der Waals surface area contributed by atoms with Gasteiger partial charge in [0.2, 0.25) is 5.95 Å². The van der Waals surface area contributed by atoms with Crippen LogP contribution in [0.25, 0.3) is 0 Å². The zero-order valence-corrected chi connectivity index (χ0v) is 14.5. The molecule has 3 aromatic rings. The second kappa shape index (κ2) is 6.71. The third-order valence-corrected chi connectivity index (χ3v) is 3.89. The Morgan fingerprint density at radius 1 is 0.708 bits per heavy atom. The highest BCUT2D eigenvalue weighted by atomic mass is 15.1. The Balaban J connectivity index is 1.87. The maximum Gasteiger partial charge on any atom is 0.229 e. The number of nitrogens with one attached hydrogen (secondary N) is 2. The van der Waals surface area contributed by atoms with E-state index in [9.17, 15) is 0 Å². The third-order valence-electron chi connectivity index (χ3n) is 3.89. The lowest BCUT2D eigenvalue weighted by Crippen LogP contribution is -2.03. The van der Waals surface area contributed by atoms with Crippen molar-refractivity contribution in [2.45, 2.75) is 27.7 Å². The van der Waals surface area contributed by atoms with Crippen LogP contribution in [0, 0.1) is 27.7 Å². The van der Waals surface area contributed by atoms with E-state index in [0.29, 0.717) is 5.95 Å². The van der Waals surface area contributed by atoms with Crippen molar-refractivity contribution < 1.29 is 0 Å². The minimum absolute atomic E-state index is 0.594. The van der Waals surface area contributed by atoms with E-state index in [0.717, 1.165) is 28.5 Å². The standard InChI is InChI=1S/C20H22N4/c1-13-9-10-18(15(3)11-13)22-19-12-16(4)21-20(24-19)23-17-8-6-5-7-14(17)2/h5-12H,1-4H3,(H2,21,22,23,24). The number of anilines is 4. The predicted octanol–water partition coefficient (Wildman–Crippen LogP) is 5.20. The number of hydrogen-bond acceptors (Lipinski definition) is 4. The summed E-state index contributed by atoms with van der Waals surface area (Å²) in [5.41, 5.74) is 6.58. The fourth-order valence-electron chi connectivity index (χ4n) is 2.61. The molecule has 122 valence electrons. The summed E-state index contributed by atoms with van der Waals surface area (Å²) in [5.74, 6) is 1.38. The third kappa shape index (κ3) is 3.71. The first-order chi connectivity index (χ1) is 11.5.